The number of nitro benzene ring substituents is 1. The Morgan fingerprint density at radius 1 is 1.15 bits per heavy atom. The Morgan fingerprint density at radius 2 is 1.81 bits per heavy atom. The summed E-state index contributed by atoms with van der Waals surface area (Å²) in [5.41, 5.74) is -0.253. The minimum atomic E-state index is -4.04. The molecule has 8 nitrogen and oxygen atoms in total. The molecule has 3 atom stereocenters. The number of alkyl halides is 2. The van der Waals surface area contributed by atoms with Crippen molar-refractivity contribution in [1.29, 1.82) is 0 Å². The number of hydrogen-bond donors (Lipinski definition) is 0. The lowest BCUT2D eigenvalue weighted by Crippen LogP contribution is -2.58. The number of hydrogen-bond acceptors (Lipinski definition) is 5. The van der Waals surface area contributed by atoms with Crippen LogP contribution in [-0.4, -0.2) is 60.1 Å². The molecule has 27 heavy (non-hydrogen) atoms. The van der Waals surface area contributed by atoms with E-state index in [2.05, 4.69) is 0 Å². The zero-order chi connectivity index (χ0) is 19.6. The van der Waals surface area contributed by atoms with Gasteiger partial charge in [-0.05, 0) is 30.9 Å². The predicted molar refractivity (Wildman–Crippen MR) is 88.5 cm³/mol. The number of non-ortho nitro benzene ring substituents is 1. The van der Waals surface area contributed by atoms with Crippen LogP contribution >= 0.6 is 0 Å². The van der Waals surface area contributed by atoms with Crippen molar-refractivity contribution in [1.82, 2.24) is 9.21 Å². The van der Waals surface area contributed by atoms with Crippen LogP contribution in [0.15, 0.2) is 29.2 Å². The number of carbonyl (C=O) groups excluding carboxylic acids is 1. The van der Waals surface area contributed by atoms with E-state index in [4.69, 9.17) is 0 Å². The number of sulfonamides is 1. The molecule has 0 radical (unpaired) electrons. The van der Waals surface area contributed by atoms with Crippen molar-refractivity contribution in [2.24, 2.45) is 11.8 Å². The van der Waals surface area contributed by atoms with E-state index in [0.717, 1.165) is 33.5 Å². The number of carbonyl (C=O) groups is 1. The second kappa shape index (κ2) is 5.93. The Hall–Kier alpha value is -2.14. The highest BCUT2D eigenvalue weighted by atomic mass is 32.2. The molecule has 11 heteroatoms. The van der Waals surface area contributed by atoms with Crippen molar-refractivity contribution >= 4 is 21.6 Å². The van der Waals surface area contributed by atoms with Gasteiger partial charge in [0.25, 0.3) is 11.6 Å². The number of nitro groups is 1. The quantitative estimate of drug-likeness (QED) is 0.562. The molecule has 0 N–H and O–H groups in total. The summed E-state index contributed by atoms with van der Waals surface area (Å²) in [5, 5.41) is 10.7. The van der Waals surface area contributed by atoms with Gasteiger partial charge >= 0.3 is 0 Å². The van der Waals surface area contributed by atoms with Crippen molar-refractivity contribution in [2.45, 2.75) is 29.7 Å². The van der Waals surface area contributed by atoms with Gasteiger partial charge in [0.1, 0.15) is 0 Å². The molecule has 1 aliphatic heterocycles. The molecule has 1 heterocycles. The predicted octanol–water partition coefficient (Wildman–Crippen LogP) is 1.47. The average Bonchev–Trinajstić information content (AvgIpc) is 3.35. The summed E-state index contributed by atoms with van der Waals surface area (Å²) in [6.07, 6.45) is 0.755. The Bertz CT molecular complexity index is 905. The first-order chi connectivity index (χ1) is 12.6. The van der Waals surface area contributed by atoms with Gasteiger partial charge in [0.15, 0.2) is 0 Å². The monoisotopic (exact) mass is 401 g/mol. The molecule has 146 valence electrons. The van der Waals surface area contributed by atoms with E-state index in [1.54, 1.807) is 0 Å². The molecule has 3 aliphatic rings. The van der Waals surface area contributed by atoms with Gasteiger partial charge in [0, 0.05) is 31.1 Å². The molecule has 2 saturated carbocycles. The van der Waals surface area contributed by atoms with Crippen LogP contribution in [0.5, 0.6) is 0 Å². The van der Waals surface area contributed by atoms with Crippen LogP contribution in [0.25, 0.3) is 0 Å². The summed E-state index contributed by atoms with van der Waals surface area (Å²) in [5.74, 6) is -4.26. The Balaban J connectivity index is 1.49. The lowest BCUT2D eigenvalue weighted by Gasteiger charge is -2.39. The number of piperazine rings is 1. The van der Waals surface area contributed by atoms with Crippen LogP contribution < -0.4 is 0 Å². The molecule has 0 bridgehead atoms. The number of fused-ring (bicyclic) bond motifs is 1. The maximum absolute atomic E-state index is 14.3. The van der Waals surface area contributed by atoms with Crippen LogP contribution in [0.1, 0.15) is 12.8 Å². The van der Waals surface area contributed by atoms with E-state index in [1.165, 1.54) is 0 Å². The number of halogens is 2. The Kier molecular flexibility index (Phi) is 4.00. The van der Waals surface area contributed by atoms with E-state index < -0.39 is 45.3 Å². The number of benzene rings is 1. The third kappa shape index (κ3) is 2.89. The first-order valence-electron chi connectivity index (χ1n) is 8.54. The molecule has 1 aromatic rings. The zero-order valence-electron chi connectivity index (χ0n) is 14.1. The van der Waals surface area contributed by atoms with Crippen molar-refractivity contribution in [3.05, 3.63) is 34.4 Å². The second-order valence-electron chi connectivity index (χ2n) is 7.21. The molecular formula is C16H17F2N3O5S. The SMILES string of the molecule is O=C1CN(S(=O)(=O)c2ccc([N+](=O)[O-])cc2)CCN1C1CC2CC2C1(F)F. The molecule has 1 saturated heterocycles. The third-order valence-electron chi connectivity index (χ3n) is 5.67. The number of rotatable bonds is 4. The van der Waals surface area contributed by atoms with Crippen LogP contribution in [0.2, 0.25) is 0 Å². The summed E-state index contributed by atoms with van der Waals surface area (Å²) in [6, 6.07) is 3.18. The second-order valence-corrected chi connectivity index (χ2v) is 9.14. The van der Waals surface area contributed by atoms with Gasteiger partial charge in [-0.25, -0.2) is 17.2 Å². The highest BCUT2D eigenvalue weighted by Gasteiger charge is 2.67. The smallest absolute Gasteiger partial charge is 0.271 e. The van der Waals surface area contributed by atoms with Crippen LogP contribution in [0.3, 0.4) is 0 Å². The van der Waals surface area contributed by atoms with Gasteiger partial charge in [0.2, 0.25) is 15.9 Å². The lowest BCUT2D eigenvalue weighted by atomic mass is 10.1. The molecule has 1 amide bonds. The lowest BCUT2D eigenvalue weighted by molar-refractivity contribution is -0.384. The molecule has 2 aliphatic carbocycles. The van der Waals surface area contributed by atoms with Gasteiger partial charge in [-0.1, -0.05) is 0 Å². The third-order valence-corrected chi connectivity index (χ3v) is 7.53. The van der Waals surface area contributed by atoms with E-state index in [0.29, 0.717) is 6.42 Å². The summed E-state index contributed by atoms with van der Waals surface area (Å²) in [6.45, 7) is -0.695. The van der Waals surface area contributed by atoms with Gasteiger partial charge in [-0.2, -0.15) is 4.31 Å². The maximum Gasteiger partial charge on any atom is 0.271 e. The molecule has 4 rings (SSSR count). The minimum Gasteiger partial charge on any atom is -0.331 e. The van der Waals surface area contributed by atoms with E-state index in [9.17, 15) is 32.1 Å². The summed E-state index contributed by atoms with van der Waals surface area (Å²) in [4.78, 5) is 23.4. The average molecular weight is 401 g/mol. The van der Waals surface area contributed by atoms with Crippen molar-refractivity contribution < 1.29 is 26.9 Å². The highest BCUT2D eigenvalue weighted by Crippen LogP contribution is 2.61. The first kappa shape index (κ1) is 18.2. The molecular weight excluding hydrogens is 384 g/mol. The summed E-state index contributed by atoms with van der Waals surface area (Å²) in [7, 11) is -4.04. The van der Waals surface area contributed by atoms with Crippen LogP contribution in [0.4, 0.5) is 14.5 Å². The van der Waals surface area contributed by atoms with E-state index >= 15 is 0 Å². The standard InChI is InChI=1S/C16H17F2N3O5S/c17-16(18)13-7-10(13)8-14(16)20-6-5-19(9-15(20)22)27(25,26)12-3-1-11(2-4-12)21(23)24/h1-4,10,13-14H,5-9H2. The van der Waals surface area contributed by atoms with Gasteiger partial charge in [-0.3, -0.25) is 14.9 Å². The highest BCUT2D eigenvalue weighted by molar-refractivity contribution is 7.89. The zero-order valence-corrected chi connectivity index (χ0v) is 14.9. The van der Waals surface area contributed by atoms with Crippen LogP contribution in [0, 0.1) is 22.0 Å². The summed E-state index contributed by atoms with van der Waals surface area (Å²) < 4.78 is 54.9. The Labute approximate surface area is 153 Å². The molecule has 0 aromatic heterocycles. The van der Waals surface area contributed by atoms with Crippen molar-refractivity contribution in [2.75, 3.05) is 19.6 Å². The fourth-order valence-corrected chi connectivity index (χ4v) is 5.47. The summed E-state index contributed by atoms with van der Waals surface area (Å²) >= 11 is 0. The van der Waals surface area contributed by atoms with Crippen LogP contribution in [-0.2, 0) is 14.8 Å². The van der Waals surface area contributed by atoms with Crippen molar-refractivity contribution in [3.8, 4) is 0 Å². The van der Waals surface area contributed by atoms with E-state index in [-0.39, 0.29) is 36.0 Å². The molecule has 3 unspecified atom stereocenters. The van der Waals surface area contributed by atoms with Gasteiger partial charge in [0.05, 0.1) is 22.4 Å². The minimum absolute atomic E-state index is 0.0420. The van der Waals surface area contributed by atoms with Crippen molar-refractivity contribution in [3.63, 3.8) is 0 Å². The first-order valence-corrected chi connectivity index (χ1v) is 9.98. The topological polar surface area (TPSA) is 101 Å². The molecule has 0 spiro atoms. The Morgan fingerprint density at radius 3 is 2.33 bits per heavy atom. The van der Waals surface area contributed by atoms with Gasteiger partial charge < -0.3 is 4.90 Å². The number of nitrogens with zero attached hydrogens (tertiary/aromatic N) is 3. The van der Waals surface area contributed by atoms with E-state index in [1.807, 2.05) is 0 Å². The molecule has 3 fully saturated rings. The fourth-order valence-electron chi connectivity index (χ4n) is 4.09. The number of amides is 1. The normalized spacial score (nSPS) is 30.2. The maximum atomic E-state index is 14.3. The van der Waals surface area contributed by atoms with Gasteiger partial charge in [-0.15, -0.1) is 0 Å². The largest absolute Gasteiger partial charge is 0.331 e. The fraction of sp³-hybridized carbons (Fsp3) is 0.562. The molecule has 1 aromatic carbocycles.